The monoisotopic (exact) mass is 461 g/mol. The zero-order chi connectivity index (χ0) is 22.8. The number of thiazole rings is 1. The van der Waals surface area contributed by atoms with Gasteiger partial charge in [0.25, 0.3) is 5.91 Å². The van der Waals surface area contributed by atoms with Crippen LogP contribution in [-0.4, -0.2) is 44.4 Å². The summed E-state index contributed by atoms with van der Waals surface area (Å²) in [5, 5.41) is 2.78. The minimum atomic E-state index is -3.52. The van der Waals surface area contributed by atoms with Crippen molar-refractivity contribution in [2.75, 3.05) is 26.5 Å². The van der Waals surface area contributed by atoms with Crippen molar-refractivity contribution in [3.05, 3.63) is 74.3 Å². The van der Waals surface area contributed by atoms with Crippen molar-refractivity contribution < 1.29 is 17.9 Å². The molecule has 0 saturated carbocycles. The maximum Gasteiger partial charge on any atom is 0.308 e. The minimum absolute atomic E-state index is 0.176. The molecule has 3 aromatic rings. The first-order valence-electron chi connectivity index (χ1n) is 9.30. The Balaban J connectivity index is 1.79. The fourth-order valence-corrected chi connectivity index (χ4v) is 4.68. The van der Waals surface area contributed by atoms with Crippen LogP contribution in [0.15, 0.2) is 58.2 Å². The molecule has 0 radical (unpaired) electrons. The van der Waals surface area contributed by atoms with E-state index >= 15 is 0 Å². The highest BCUT2D eigenvalue weighted by atomic mass is 32.2. The predicted octanol–water partition coefficient (Wildman–Crippen LogP) is 2.78. The van der Waals surface area contributed by atoms with Crippen molar-refractivity contribution in [1.82, 2.24) is 8.87 Å². The number of sulfonamides is 1. The molecule has 10 heteroatoms. The Bertz CT molecular complexity index is 1240. The molecule has 0 aliphatic rings. The van der Waals surface area contributed by atoms with Crippen molar-refractivity contribution in [3.8, 4) is 5.75 Å². The van der Waals surface area contributed by atoms with Gasteiger partial charge in [0.1, 0.15) is 10.6 Å². The molecule has 1 aromatic heterocycles. The second kappa shape index (κ2) is 9.04. The largest absolute Gasteiger partial charge is 0.497 e. The third-order valence-electron chi connectivity index (χ3n) is 4.74. The van der Waals surface area contributed by atoms with E-state index in [1.165, 1.54) is 30.8 Å². The molecule has 0 unspecified atom stereocenters. The molecule has 3 rings (SSSR count). The Morgan fingerprint density at radius 1 is 1.10 bits per heavy atom. The number of rotatable bonds is 7. The van der Waals surface area contributed by atoms with Crippen molar-refractivity contribution >= 4 is 33.0 Å². The van der Waals surface area contributed by atoms with Crippen LogP contribution in [0.5, 0.6) is 5.75 Å². The number of anilines is 1. The van der Waals surface area contributed by atoms with Gasteiger partial charge in [0, 0.05) is 25.5 Å². The van der Waals surface area contributed by atoms with Gasteiger partial charge in [-0.15, -0.1) is 0 Å². The summed E-state index contributed by atoms with van der Waals surface area (Å²) in [6.07, 6.45) is 0. The maximum absolute atomic E-state index is 12.7. The van der Waals surface area contributed by atoms with Crippen LogP contribution in [0.2, 0.25) is 0 Å². The SMILES string of the molecule is COc1ccc(NC(=O)c2sc(=O)n(Cc3ccc(S(=O)(=O)N(C)C)cc3)c2C)cc1. The van der Waals surface area contributed by atoms with Crippen molar-refractivity contribution in [2.45, 2.75) is 18.4 Å². The number of amides is 1. The summed E-state index contributed by atoms with van der Waals surface area (Å²) in [5.74, 6) is 0.310. The smallest absolute Gasteiger partial charge is 0.308 e. The van der Waals surface area contributed by atoms with Crippen molar-refractivity contribution in [2.24, 2.45) is 0 Å². The van der Waals surface area contributed by atoms with Gasteiger partial charge in [-0.2, -0.15) is 0 Å². The molecule has 0 saturated heterocycles. The number of nitrogens with zero attached hydrogens (tertiary/aromatic N) is 2. The van der Waals surface area contributed by atoms with Gasteiger partial charge in [-0.1, -0.05) is 23.5 Å². The second-order valence-electron chi connectivity index (χ2n) is 6.98. The number of ether oxygens (including phenoxy) is 1. The highest BCUT2D eigenvalue weighted by Crippen LogP contribution is 2.20. The van der Waals surface area contributed by atoms with Gasteiger partial charge in [-0.25, -0.2) is 12.7 Å². The Morgan fingerprint density at radius 3 is 2.26 bits per heavy atom. The lowest BCUT2D eigenvalue weighted by Gasteiger charge is -2.12. The molecule has 31 heavy (non-hydrogen) atoms. The second-order valence-corrected chi connectivity index (χ2v) is 10.1. The van der Waals surface area contributed by atoms with E-state index < -0.39 is 10.0 Å². The van der Waals surface area contributed by atoms with Crippen LogP contribution in [0.25, 0.3) is 0 Å². The van der Waals surface area contributed by atoms with E-state index in [4.69, 9.17) is 4.74 Å². The van der Waals surface area contributed by atoms with E-state index in [0.29, 0.717) is 22.0 Å². The van der Waals surface area contributed by atoms with Crippen molar-refractivity contribution in [1.29, 1.82) is 0 Å². The molecular formula is C21H23N3O5S2. The van der Waals surface area contributed by atoms with Crippen LogP contribution >= 0.6 is 11.3 Å². The number of hydrogen-bond donors (Lipinski definition) is 1. The molecule has 0 aliphatic carbocycles. The molecular weight excluding hydrogens is 438 g/mol. The van der Waals surface area contributed by atoms with Crippen LogP contribution in [0.3, 0.4) is 0 Å². The van der Waals surface area contributed by atoms with Crippen LogP contribution in [0.4, 0.5) is 5.69 Å². The summed E-state index contributed by atoms with van der Waals surface area (Å²) in [6, 6.07) is 13.2. The number of aromatic nitrogens is 1. The van der Waals surface area contributed by atoms with E-state index in [-0.39, 0.29) is 22.2 Å². The number of nitrogens with one attached hydrogen (secondary N) is 1. The minimum Gasteiger partial charge on any atom is -0.497 e. The Hall–Kier alpha value is -2.95. The Kier molecular flexibility index (Phi) is 6.63. The molecule has 2 aromatic carbocycles. The van der Waals surface area contributed by atoms with E-state index in [9.17, 15) is 18.0 Å². The first-order valence-corrected chi connectivity index (χ1v) is 11.6. The van der Waals surface area contributed by atoms with Crippen LogP contribution < -0.4 is 14.9 Å². The molecule has 8 nitrogen and oxygen atoms in total. The highest BCUT2D eigenvalue weighted by Gasteiger charge is 2.19. The quantitative estimate of drug-likeness (QED) is 0.584. The predicted molar refractivity (Wildman–Crippen MR) is 121 cm³/mol. The summed E-state index contributed by atoms with van der Waals surface area (Å²) in [7, 11) is 0.980. The fourth-order valence-electron chi connectivity index (χ4n) is 2.89. The molecule has 0 aliphatic heterocycles. The highest BCUT2D eigenvalue weighted by molar-refractivity contribution is 7.89. The standard InChI is InChI=1S/C21H23N3O5S2/c1-14-19(20(25)22-16-7-9-17(29-4)10-8-16)30-21(26)24(14)13-15-5-11-18(12-6-15)31(27,28)23(2)3/h5-12H,13H2,1-4H3,(H,22,25). The average molecular weight is 462 g/mol. The van der Waals surface area contributed by atoms with Gasteiger partial charge < -0.3 is 10.1 Å². The van der Waals surface area contributed by atoms with Crippen molar-refractivity contribution in [3.63, 3.8) is 0 Å². The zero-order valence-corrected chi connectivity index (χ0v) is 19.2. The summed E-state index contributed by atoms with van der Waals surface area (Å²) < 4.78 is 32.1. The molecule has 164 valence electrons. The van der Waals surface area contributed by atoms with Crippen LogP contribution in [0, 0.1) is 6.92 Å². The molecule has 1 heterocycles. The lowest BCUT2D eigenvalue weighted by molar-refractivity contribution is 0.102. The average Bonchev–Trinajstić information content (AvgIpc) is 3.03. The van der Waals surface area contributed by atoms with E-state index in [2.05, 4.69) is 5.32 Å². The summed E-state index contributed by atoms with van der Waals surface area (Å²) in [4.78, 5) is 25.4. The Labute approximate surface area is 184 Å². The molecule has 1 amide bonds. The number of hydrogen-bond acceptors (Lipinski definition) is 6. The molecule has 0 bridgehead atoms. The first kappa shape index (κ1) is 22.7. The topological polar surface area (TPSA) is 97.7 Å². The third-order valence-corrected chi connectivity index (χ3v) is 7.65. The summed E-state index contributed by atoms with van der Waals surface area (Å²) in [6.45, 7) is 1.95. The lowest BCUT2D eigenvalue weighted by atomic mass is 10.2. The molecule has 0 atom stereocenters. The normalized spacial score (nSPS) is 11.5. The van der Waals surface area contributed by atoms with Crippen LogP contribution in [0.1, 0.15) is 20.9 Å². The van der Waals surface area contributed by atoms with Crippen LogP contribution in [-0.2, 0) is 16.6 Å². The lowest BCUT2D eigenvalue weighted by Crippen LogP contribution is -2.22. The fraction of sp³-hybridized carbons (Fsp3) is 0.238. The van der Waals surface area contributed by atoms with Gasteiger partial charge in [-0.05, 0) is 48.9 Å². The number of benzene rings is 2. The van der Waals surface area contributed by atoms with Gasteiger partial charge in [0.15, 0.2) is 0 Å². The number of carbonyl (C=O) groups excluding carboxylic acids is 1. The first-order chi connectivity index (χ1) is 14.6. The summed E-state index contributed by atoms with van der Waals surface area (Å²) >= 11 is 0.875. The molecule has 0 spiro atoms. The Morgan fingerprint density at radius 2 is 1.71 bits per heavy atom. The van der Waals surface area contributed by atoms with E-state index in [0.717, 1.165) is 21.2 Å². The van der Waals surface area contributed by atoms with Gasteiger partial charge in [-0.3, -0.25) is 14.2 Å². The summed E-state index contributed by atoms with van der Waals surface area (Å²) in [5.41, 5.74) is 1.89. The van der Waals surface area contributed by atoms with Gasteiger partial charge in [0.05, 0.1) is 18.6 Å². The number of methoxy groups -OCH3 is 1. The zero-order valence-electron chi connectivity index (χ0n) is 17.6. The third kappa shape index (κ3) is 4.87. The number of carbonyl (C=O) groups is 1. The van der Waals surface area contributed by atoms with Gasteiger partial charge >= 0.3 is 4.87 Å². The molecule has 1 N–H and O–H groups in total. The van der Waals surface area contributed by atoms with E-state index in [1.54, 1.807) is 50.4 Å². The molecule has 0 fully saturated rings. The maximum atomic E-state index is 12.7. The van der Waals surface area contributed by atoms with Gasteiger partial charge in [0.2, 0.25) is 10.0 Å². The van der Waals surface area contributed by atoms with E-state index in [1.807, 2.05) is 0 Å².